The number of nitriles is 1. The van der Waals surface area contributed by atoms with Crippen molar-refractivity contribution in [2.24, 2.45) is 5.41 Å². The Morgan fingerprint density at radius 3 is 2.41 bits per heavy atom. The molecule has 0 spiro atoms. The summed E-state index contributed by atoms with van der Waals surface area (Å²) in [6, 6.07) is 15.8. The van der Waals surface area contributed by atoms with Crippen LogP contribution in [0.25, 0.3) is 0 Å². The van der Waals surface area contributed by atoms with Crippen LogP contribution in [-0.4, -0.2) is 51.8 Å². The van der Waals surface area contributed by atoms with Gasteiger partial charge in [-0.3, -0.25) is 24.6 Å². The quantitative estimate of drug-likeness (QED) is 0.579. The van der Waals surface area contributed by atoms with Crippen LogP contribution in [0.5, 0.6) is 0 Å². The highest BCUT2D eigenvalue weighted by molar-refractivity contribution is 6.05. The fraction of sp³-hybridized carbons (Fsp3) is 0.484. The second kappa shape index (κ2) is 9.00. The molecule has 0 bridgehead atoms. The first-order chi connectivity index (χ1) is 18.5. The molecule has 8 nitrogen and oxygen atoms in total. The van der Waals surface area contributed by atoms with E-state index in [1.807, 2.05) is 12.1 Å². The number of hydrogen-bond acceptors (Lipinski definition) is 6. The maximum atomic E-state index is 13.1. The predicted octanol–water partition coefficient (Wildman–Crippen LogP) is 3.12. The molecule has 202 valence electrons. The number of benzene rings is 2. The van der Waals surface area contributed by atoms with Crippen LogP contribution < -0.4 is 5.32 Å². The number of aliphatic hydroxyl groups is 1. The lowest BCUT2D eigenvalue weighted by Crippen LogP contribution is -2.55. The summed E-state index contributed by atoms with van der Waals surface area (Å²) in [7, 11) is 0. The van der Waals surface area contributed by atoms with Gasteiger partial charge in [0.05, 0.1) is 17.1 Å². The van der Waals surface area contributed by atoms with Crippen molar-refractivity contribution in [1.29, 1.82) is 5.26 Å². The van der Waals surface area contributed by atoms with Crippen LogP contribution in [0.4, 0.5) is 0 Å². The fourth-order valence-electron chi connectivity index (χ4n) is 6.71. The number of amides is 3. The van der Waals surface area contributed by atoms with Gasteiger partial charge in [0.25, 0.3) is 5.91 Å². The molecule has 1 unspecified atom stereocenters. The predicted molar refractivity (Wildman–Crippen MR) is 143 cm³/mol. The zero-order valence-electron chi connectivity index (χ0n) is 22.5. The molecule has 0 aromatic heterocycles. The van der Waals surface area contributed by atoms with Gasteiger partial charge in [-0.25, -0.2) is 0 Å². The lowest BCUT2D eigenvalue weighted by atomic mass is 9.66. The van der Waals surface area contributed by atoms with Crippen molar-refractivity contribution in [2.75, 3.05) is 13.1 Å². The fourth-order valence-corrected chi connectivity index (χ4v) is 6.71. The van der Waals surface area contributed by atoms with Crippen LogP contribution in [0.3, 0.4) is 0 Å². The molecule has 2 N–H and O–H groups in total. The maximum Gasteiger partial charge on any atom is 0.255 e. The summed E-state index contributed by atoms with van der Waals surface area (Å²) in [5, 5.41) is 23.8. The van der Waals surface area contributed by atoms with Crippen molar-refractivity contribution in [3.63, 3.8) is 0 Å². The molecule has 3 fully saturated rings. The third kappa shape index (κ3) is 4.25. The number of nitrogens with zero attached hydrogens (tertiary/aromatic N) is 3. The molecule has 3 aliphatic heterocycles. The molecular weight excluding hydrogens is 492 g/mol. The van der Waals surface area contributed by atoms with E-state index in [1.54, 1.807) is 11.0 Å². The van der Waals surface area contributed by atoms with E-state index in [-0.39, 0.29) is 23.7 Å². The molecule has 0 radical (unpaired) electrons. The Hall–Kier alpha value is -3.54. The van der Waals surface area contributed by atoms with Gasteiger partial charge in [-0.15, -0.1) is 0 Å². The van der Waals surface area contributed by atoms with Crippen LogP contribution in [0.2, 0.25) is 0 Å². The van der Waals surface area contributed by atoms with Gasteiger partial charge in [0.15, 0.2) is 0 Å². The average molecular weight is 527 g/mol. The lowest BCUT2D eigenvalue weighted by Gasteiger charge is -2.50. The molecule has 6 rings (SSSR count). The topological polar surface area (TPSA) is 114 Å². The van der Waals surface area contributed by atoms with E-state index in [1.165, 1.54) is 5.56 Å². The van der Waals surface area contributed by atoms with E-state index >= 15 is 0 Å². The Kier molecular flexibility index (Phi) is 5.94. The van der Waals surface area contributed by atoms with Gasteiger partial charge in [0.2, 0.25) is 11.8 Å². The molecule has 2 aromatic carbocycles. The average Bonchev–Trinajstić information content (AvgIpc) is 3.64. The van der Waals surface area contributed by atoms with Crippen LogP contribution in [-0.2, 0) is 33.7 Å². The highest BCUT2D eigenvalue weighted by Gasteiger charge is 2.50. The molecule has 4 aliphatic rings. The van der Waals surface area contributed by atoms with Crippen molar-refractivity contribution >= 4 is 17.7 Å². The number of carbonyl (C=O) groups is 3. The summed E-state index contributed by atoms with van der Waals surface area (Å²) < 4.78 is 0. The Bertz CT molecular complexity index is 1400. The highest BCUT2D eigenvalue weighted by Crippen LogP contribution is 2.48. The van der Waals surface area contributed by atoms with Gasteiger partial charge >= 0.3 is 0 Å². The normalized spacial score (nSPS) is 27.6. The molecule has 3 heterocycles. The first-order valence-electron chi connectivity index (χ1n) is 13.8. The standard InChI is InChI=1S/C31H34N4O4/c1-29(2)19-34(16-20-3-5-22(6-4-20)30(18-32)11-12-30)14-13-31(29,39)23-7-8-24-21(15-23)17-35(28(24)38)25-9-10-26(36)33-27(25)37/h3-8,15,25,39H,9-14,16-17,19H2,1-2H3,(H,33,36,37)/t25?,31-/m0/s1. The highest BCUT2D eigenvalue weighted by atomic mass is 16.3. The SMILES string of the molecule is CC1(C)CN(Cc2ccc(C3(C#N)CC3)cc2)CC[C@]1(O)c1ccc2c(c1)CN(C1CCC(=O)NC1=O)C2=O. The van der Waals surface area contributed by atoms with Gasteiger partial charge < -0.3 is 10.0 Å². The number of imide groups is 1. The lowest BCUT2D eigenvalue weighted by molar-refractivity contribution is -0.136. The van der Waals surface area contributed by atoms with Crippen molar-refractivity contribution in [2.45, 2.75) is 76.1 Å². The summed E-state index contributed by atoms with van der Waals surface area (Å²) in [4.78, 5) is 41.0. The zero-order valence-corrected chi connectivity index (χ0v) is 22.5. The summed E-state index contributed by atoms with van der Waals surface area (Å²) in [6.45, 7) is 6.66. The Balaban J connectivity index is 1.16. The number of nitrogens with one attached hydrogen (secondary N) is 1. The molecule has 2 saturated heterocycles. The second-order valence-electron chi connectivity index (χ2n) is 12.4. The Labute approximate surface area is 228 Å². The van der Waals surface area contributed by atoms with Crippen LogP contribution in [0, 0.1) is 16.7 Å². The van der Waals surface area contributed by atoms with Crippen LogP contribution >= 0.6 is 0 Å². The van der Waals surface area contributed by atoms with E-state index in [2.05, 4.69) is 54.4 Å². The molecule has 2 aromatic rings. The largest absolute Gasteiger partial charge is 0.385 e. The number of likely N-dealkylation sites (tertiary alicyclic amines) is 1. The van der Waals surface area contributed by atoms with Crippen molar-refractivity contribution in [3.8, 4) is 6.07 Å². The first kappa shape index (κ1) is 25.7. The van der Waals surface area contributed by atoms with Gasteiger partial charge in [0.1, 0.15) is 6.04 Å². The monoisotopic (exact) mass is 526 g/mol. The van der Waals surface area contributed by atoms with Gasteiger partial charge in [-0.2, -0.15) is 5.26 Å². The van der Waals surface area contributed by atoms with Crippen LogP contribution in [0.1, 0.15) is 78.6 Å². The van der Waals surface area contributed by atoms with Gasteiger partial charge in [-0.1, -0.05) is 50.2 Å². The van der Waals surface area contributed by atoms with E-state index in [0.717, 1.165) is 42.6 Å². The summed E-state index contributed by atoms with van der Waals surface area (Å²) in [5.74, 6) is -0.937. The molecule has 2 atom stereocenters. The number of rotatable bonds is 5. The molecule has 39 heavy (non-hydrogen) atoms. The Morgan fingerprint density at radius 1 is 1.05 bits per heavy atom. The van der Waals surface area contributed by atoms with Gasteiger partial charge in [0, 0.05) is 43.6 Å². The summed E-state index contributed by atoms with van der Waals surface area (Å²) >= 11 is 0. The van der Waals surface area contributed by atoms with Crippen LogP contribution in [0.15, 0.2) is 42.5 Å². The summed E-state index contributed by atoms with van der Waals surface area (Å²) in [5.41, 5.74) is 2.64. The molecule has 8 heteroatoms. The van der Waals surface area contributed by atoms with Crippen molar-refractivity contribution in [1.82, 2.24) is 15.1 Å². The molecule has 1 aliphatic carbocycles. The summed E-state index contributed by atoms with van der Waals surface area (Å²) in [6.07, 6.45) is 2.98. The number of piperidine rings is 2. The second-order valence-corrected chi connectivity index (χ2v) is 12.4. The smallest absolute Gasteiger partial charge is 0.255 e. The third-order valence-corrected chi connectivity index (χ3v) is 9.41. The number of hydrogen-bond donors (Lipinski definition) is 2. The number of fused-ring (bicyclic) bond motifs is 1. The zero-order chi connectivity index (χ0) is 27.6. The minimum atomic E-state index is -1.07. The molecule has 3 amide bonds. The molecule has 1 saturated carbocycles. The van der Waals surface area contributed by atoms with E-state index in [4.69, 9.17) is 0 Å². The van der Waals surface area contributed by atoms with E-state index < -0.39 is 23.0 Å². The number of carbonyl (C=O) groups excluding carboxylic acids is 3. The third-order valence-electron chi connectivity index (χ3n) is 9.41. The van der Waals surface area contributed by atoms with Crippen molar-refractivity contribution < 1.29 is 19.5 Å². The Morgan fingerprint density at radius 2 is 1.77 bits per heavy atom. The first-order valence-corrected chi connectivity index (χ1v) is 13.8. The van der Waals surface area contributed by atoms with Gasteiger partial charge in [-0.05, 0) is 54.0 Å². The maximum absolute atomic E-state index is 13.1. The minimum absolute atomic E-state index is 0.208. The van der Waals surface area contributed by atoms with Crippen molar-refractivity contribution in [3.05, 3.63) is 70.3 Å². The minimum Gasteiger partial charge on any atom is -0.385 e. The molecular formula is C31H34N4O4. The van der Waals surface area contributed by atoms with E-state index in [0.29, 0.717) is 31.5 Å². The van der Waals surface area contributed by atoms with E-state index in [9.17, 15) is 24.8 Å².